The number of hydrogen-bond acceptors (Lipinski definition) is 1. The van der Waals surface area contributed by atoms with Gasteiger partial charge in [-0.1, -0.05) is 13.3 Å². The van der Waals surface area contributed by atoms with Gasteiger partial charge in [0.2, 0.25) is 0 Å². The van der Waals surface area contributed by atoms with E-state index in [-0.39, 0.29) is 12.4 Å². The van der Waals surface area contributed by atoms with Crippen molar-refractivity contribution in [2.24, 2.45) is 5.92 Å². The summed E-state index contributed by atoms with van der Waals surface area (Å²) in [6.07, 6.45) is 4.36. The Morgan fingerprint density at radius 3 is 2.40 bits per heavy atom. The van der Waals surface area contributed by atoms with Crippen molar-refractivity contribution in [3.8, 4) is 0 Å². The van der Waals surface area contributed by atoms with Gasteiger partial charge < -0.3 is 5.32 Å². The summed E-state index contributed by atoms with van der Waals surface area (Å²) in [5.41, 5.74) is 0. The highest BCUT2D eigenvalue weighted by Gasteiger charge is 2.22. The molecule has 0 saturated heterocycles. The normalized spacial score (nSPS) is 21.0. The maximum Gasteiger partial charge on any atom is 0.00668 e. The van der Waals surface area contributed by atoms with Gasteiger partial charge in [0.05, 0.1) is 0 Å². The third-order valence-corrected chi connectivity index (χ3v) is 2.38. The maximum atomic E-state index is 3.45. The molecule has 1 aliphatic rings. The minimum absolute atomic E-state index is 0. The Morgan fingerprint density at radius 2 is 2.10 bits per heavy atom. The molecule has 0 aromatic heterocycles. The van der Waals surface area contributed by atoms with Crippen molar-refractivity contribution < 1.29 is 0 Å². The van der Waals surface area contributed by atoms with Crippen molar-refractivity contribution in [1.29, 1.82) is 0 Å². The standard InChI is InChI=1S/C8H17N.ClH/c1-3-9-7(2)8-5-4-6-8;/h7-9H,3-6H2,1-2H3;1H. The molecule has 0 amide bonds. The first kappa shape index (κ1) is 10.2. The molecule has 0 heterocycles. The van der Waals surface area contributed by atoms with Crippen LogP contribution in [-0.2, 0) is 0 Å². The first-order valence-corrected chi connectivity index (χ1v) is 4.08. The highest BCUT2D eigenvalue weighted by molar-refractivity contribution is 5.85. The fourth-order valence-electron chi connectivity index (χ4n) is 1.43. The van der Waals surface area contributed by atoms with Crippen LogP contribution >= 0.6 is 12.4 Å². The first-order chi connectivity index (χ1) is 4.34. The van der Waals surface area contributed by atoms with Crippen LogP contribution in [0.1, 0.15) is 33.1 Å². The average molecular weight is 164 g/mol. The lowest BCUT2D eigenvalue weighted by atomic mass is 9.80. The molecule has 62 valence electrons. The Kier molecular flexibility index (Phi) is 5.10. The molecule has 1 unspecified atom stereocenters. The summed E-state index contributed by atoms with van der Waals surface area (Å²) >= 11 is 0. The molecule has 1 saturated carbocycles. The van der Waals surface area contributed by atoms with E-state index in [1.165, 1.54) is 19.3 Å². The summed E-state index contributed by atoms with van der Waals surface area (Å²) in [5.74, 6) is 0.991. The van der Waals surface area contributed by atoms with Gasteiger partial charge in [0.15, 0.2) is 0 Å². The van der Waals surface area contributed by atoms with Gasteiger partial charge in [-0.3, -0.25) is 0 Å². The molecular formula is C8H18ClN. The van der Waals surface area contributed by atoms with Crippen molar-refractivity contribution >= 4 is 12.4 Å². The molecule has 0 aromatic carbocycles. The molecule has 1 nitrogen and oxygen atoms in total. The lowest BCUT2D eigenvalue weighted by molar-refractivity contribution is 0.243. The Hall–Kier alpha value is 0.250. The Balaban J connectivity index is 0.000000810. The van der Waals surface area contributed by atoms with Gasteiger partial charge >= 0.3 is 0 Å². The van der Waals surface area contributed by atoms with Crippen LogP contribution < -0.4 is 5.32 Å². The van der Waals surface area contributed by atoms with Gasteiger partial charge in [-0.15, -0.1) is 12.4 Å². The van der Waals surface area contributed by atoms with Gasteiger partial charge in [0.1, 0.15) is 0 Å². The van der Waals surface area contributed by atoms with E-state index in [2.05, 4.69) is 19.2 Å². The zero-order valence-corrected chi connectivity index (χ0v) is 7.71. The fraction of sp³-hybridized carbons (Fsp3) is 1.00. The first-order valence-electron chi connectivity index (χ1n) is 4.08. The monoisotopic (exact) mass is 163 g/mol. The molecule has 0 aromatic rings. The van der Waals surface area contributed by atoms with E-state index in [1.807, 2.05) is 0 Å². The fourth-order valence-corrected chi connectivity index (χ4v) is 1.43. The largest absolute Gasteiger partial charge is 0.314 e. The molecular weight excluding hydrogens is 146 g/mol. The van der Waals surface area contributed by atoms with Crippen LogP contribution in [0.25, 0.3) is 0 Å². The van der Waals surface area contributed by atoms with Crippen LogP contribution in [0.3, 0.4) is 0 Å². The number of hydrogen-bond donors (Lipinski definition) is 1. The Labute approximate surface area is 70.0 Å². The SMILES string of the molecule is CCNC(C)C1CCC1.Cl. The molecule has 0 radical (unpaired) electrons. The smallest absolute Gasteiger partial charge is 0.00668 e. The highest BCUT2D eigenvalue weighted by atomic mass is 35.5. The summed E-state index contributed by atoms with van der Waals surface area (Å²) in [6.45, 7) is 5.60. The van der Waals surface area contributed by atoms with E-state index in [9.17, 15) is 0 Å². The van der Waals surface area contributed by atoms with Crippen LogP contribution in [0, 0.1) is 5.92 Å². The maximum absolute atomic E-state index is 3.45. The van der Waals surface area contributed by atoms with E-state index in [0.717, 1.165) is 18.5 Å². The lowest BCUT2D eigenvalue weighted by Crippen LogP contribution is -2.36. The second kappa shape index (κ2) is 4.97. The molecule has 2 heteroatoms. The topological polar surface area (TPSA) is 12.0 Å². The lowest BCUT2D eigenvalue weighted by Gasteiger charge is -2.31. The van der Waals surface area contributed by atoms with Gasteiger partial charge in [-0.2, -0.15) is 0 Å². The van der Waals surface area contributed by atoms with Gasteiger partial charge in [-0.05, 0) is 32.2 Å². The van der Waals surface area contributed by atoms with E-state index in [1.54, 1.807) is 0 Å². The third-order valence-electron chi connectivity index (χ3n) is 2.38. The van der Waals surface area contributed by atoms with Crippen LogP contribution in [0.4, 0.5) is 0 Å². The van der Waals surface area contributed by atoms with Crippen molar-refractivity contribution in [1.82, 2.24) is 5.32 Å². The van der Waals surface area contributed by atoms with E-state index in [0.29, 0.717) is 0 Å². The van der Waals surface area contributed by atoms with Crippen LogP contribution in [0.5, 0.6) is 0 Å². The summed E-state index contributed by atoms with van der Waals surface area (Å²) < 4.78 is 0. The summed E-state index contributed by atoms with van der Waals surface area (Å²) in [5, 5.41) is 3.45. The molecule has 0 bridgehead atoms. The molecule has 0 spiro atoms. The van der Waals surface area contributed by atoms with Crippen molar-refractivity contribution in [3.05, 3.63) is 0 Å². The Morgan fingerprint density at radius 1 is 1.50 bits per heavy atom. The number of rotatable bonds is 3. The second-order valence-corrected chi connectivity index (χ2v) is 3.04. The molecule has 1 rings (SSSR count). The minimum atomic E-state index is 0. The van der Waals surface area contributed by atoms with Crippen molar-refractivity contribution in [3.63, 3.8) is 0 Å². The molecule has 10 heavy (non-hydrogen) atoms. The predicted octanol–water partition coefficient (Wildman–Crippen LogP) is 2.21. The van der Waals surface area contributed by atoms with Crippen LogP contribution in [0.15, 0.2) is 0 Å². The summed E-state index contributed by atoms with van der Waals surface area (Å²) in [6, 6.07) is 0.767. The van der Waals surface area contributed by atoms with Crippen molar-refractivity contribution in [2.45, 2.75) is 39.2 Å². The summed E-state index contributed by atoms with van der Waals surface area (Å²) in [7, 11) is 0. The molecule has 1 aliphatic carbocycles. The molecule has 1 fully saturated rings. The second-order valence-electron chi connectivity index (χ2n) is 3.04. The van der Waals surface area contributed by atoms with E-state index in [4.69, 9.17) is 0 Å². The zero-order chi connectivity index (χ0) is 6.69. The zero-order valence-electron chi connectivity index (χ0n) is 6.89. The van der Waals surface area contributed by atoms with Gasteiger partial charge in [0.25, 0.3) is 0 Å². The van der Waals surface area contributed by atoms with E-state index >= 15 is 0 Å². The third kappa shape index (κ3) is 2.47. The molecule has 1 atom stereocenters. The number of halogens is 1. The van der Waals surface area contributed by atoms with Gasteiger partial charge in [-0.25, -0.2) is 0 Å². The van der Waals surface area contributed by atoms with Crippen LogP contribution in [-0.4, -0.2) is 12.6 Å². The molecule has 0 aliphatic heterocycles. The van der Waals surface area contributed by atoms with Crippen LogP contribution in [0.2, 0.25) is 0 Å². The predicted molar refractivity (Wildman–Crippen MR) is 47.7 cm³/mol. The highest BCUT2D eigenvalue weighted by Crippen LogP contribution is 2.28. The quantitative estimate of drug-likeness (QED) is 0.673. The average Bonchev–Trinajstić information content (AvgIpc) is 1.60. The molecule has 1 N–H and O–H groups in total. The van der Waals surface area contributed by atoms with E-state index < -0.39 is 0 Å². The van der Waals surface area contributed by atoms with Gasteiger partial charge in [0, 0.05) is 6.04 Å². The minimum Gasteiger partial charge on any atom is -0.314 e. The Bertz CT molecular complexity index is 81.3. The number of nitrogens with one attached hydrogen (secondary N) is 1. The van der Waals surface area contributed by atoms with Crippen molar-refractivity contribution in [2.75, 3.05) is 6.54 Å². The summed E-state index contributed by atoms with van der Waals surface area (Å²) in [4.78, 5) is 0.